The van der Waals surface area contributed by atoms with Gasteiger partial charge in [0.1, 0.15) is 18.2 Å². The summed E-state index contributed by atoms with van der Waals surface area (Å²) < 4.78 is 2.47. The van der Waals surface area contributed by atoms with E-state index in [-0.39, 0.29) is 18.0 Å². The van der Waals surface area contributed by atoms with Gasteiger partial charge < -0.3 is 4.90 Å². The molecule has 1 amide bonds. The number of carbonyl (C=O) groups is 1. The maximum absolute atomic E-state index is 12.7. The molecule has 128 valence electrons. The van der Waals surface area contributed by atoms with Crippen molar-refractivity contribution in [2.24, 2.45) is 0 Å². The van der Waals surface area contributed by atoms with Crippen LogP contribution in [-0.4, -0.2) is 33.0 Å². The summed E-state index contributed by atoms with van der Waals surface area (Å²) in [4.78, 5) is 39.4. The van der Waals surface area contributed by atoms with Gasteiger partial charge in [-0.1, -0.05) is 6.42 Å². The fourth-order valence-electron chi connectivity index (χ4n) is 3.60. The quantitative estimate of drug-likeness (QED) is 0.795. The minimum Gasteiger partial charge on any atom is -0.341 e. The van der Waals surface area contributed by atoms with Crippen LogP contribution < -0.4 is 11.2 Å². The molecular weight excluding hydrogens is 308 g/mol. The van der Waals surface area contributed by atoms with E-state index in [2.05, 4.69) is 0 Å². The van der Waals surface area contributed by atoms with Gasteiger partial charge in [0.25, 0.3) is 5.56 Å². The Morgan fingerprint density at radius 1 is 1.00 bits per heavy atom. The lowest BCUT2D eigenvalue weighted by Gasteiger charge is -2.27. The van der Waals surface area contributed by atoms with E-state index in [1.807, 2.05) is 6.07 Å². The van der Waals surface area contributed by atoms with Crippen molar-refractivity contribution in [1.29, 1.82) is 5.26 Å². The second-order valence-corrected chi connectivity index (χ2v) is 6.51. The molecule has 0 saturated carbocycles. The predicted molar refractivity (Wildman–Crippen MR) is 87.7 cm³/mol. The molecule has 2 aliphatic rings. The van der Waals surface area contributed by atoms with Gasteiger partial charge >= 0.3 is 5.69 Å². The number of hydrogen-bond donors (Lipinski definition) is 0. The first-order valence-corrected chi connectivity index (χ1v) is 8.68. The summed E-state index contributed by atoms with van der Waals surface area (Å²) in [6, 6.07) is 1.95. The zero-order valence-corrected chi connectivity index (χ0v) is 13.8. The maximum atomic E-state index is 12.7. The van der Waals surface area contributed by atoms with Crippen molar-refractivity contribution in [1.82, 2.24) is 14.0 Å². The Kier molecular flexibility index (Phi) is 4.84. The van der Waals surface area contributed by atoms with Gasteiger partial charge in [-0.15, -0.1) is 0 Å². The molecule has 7 nitrogen and oxygen atoms in total. The van der Waals surface area contributed by atoms with Crippen LogP contribution in [0.2, 0.25) is 0 Å². The lowest BCUT2D eigenvalue weighted by atomic mass is 10.1. The van der Waals surface area contributed by atoms with Crippen molar-refractivity contribution in [2.75, 3.05) is 13.1 Å². The molecule has 1 fully saturated rings. The number of likely N-dealkylation sites (tertiary alicyclic amines) is 1. The molecule has 1 saturated heterocycles. The van der Waals surface area contributed by atoms with E-state index >= 15 is 0 Å². The number of hydrogen-bond acceptors (Lipinski definition) is 4. The summed E-state index contributed by atoms with van der Waals surface area (Å²) in [6.07, 6.45) is 6.24. The topological polar surface area (TPSA) is 88.1 Å². The van der Waals surface area contributed by atoms with Crippen molar-refractivity contribution in [3.05, 3.63) is 32.1 Å². The van der Waals surface area contributed by atoms with Gasteiger partial charge in [0.15, 0.2) is 0 Å². The van der Waals surface area contributed by atoms with Crippen LogP contribution in [0, 0.1) is 11.3 Å². The highest BCUT2D eigenvalue weighted by Gasteiger charge is 2.23. The standard InChI is InChI=1S/C17H22N4O3/c18-11-13-14-7-3-1-6-10-20(14)17(24)21(16(13)23)12-15(22)19-8-4-2-5-9-19/h1-10,12H2. The van der Waals surface area contributed by atoms with Crippen molar-refractivity contribution >= 4 is 5.91 Å². The third-order valence-electron chi connectivity index (χ3n) is 4.94. The van der Waals surface area contributed by atoms with Crippen molar-refractivity contribution in [2.45, 2.75) is 58.0 Å². The third-order valence-corrected chi connectivity index (χ3v) is 4.94. The highest BCUT2D eigenvalue weighted by Crippen LogP contribution is 2.14. The van der Waals surface area contributed by atoms with Crippen LogP contribution in [0.15, 0.2) is 9.59 Å². The average Bonchev–Trinajstić information content (AvgIpc) is 2.86. The summed E-state index contributed by atoms with van der Waals surface area (Å²) in [5.41, 5.74) is -0.531. The summed E-state index contributed by atoms with van der Waals surface area (Å²) in [5, 5.41) is 9.39. The van der Waals surface area contributed by atoms with Crippen LogP contribution in [0.4, 0.5) is 0 Å². The molecular formula is C17H22N4O3. The fraction of sp³-hybridized carbons (Fsp3) is 0.647. The van der Waals surface area contributed by atoms with Gasteiger partial charge in [0.2, 0.25) is 5.91 Å². The second kappa shape index (κ2) is 7.04. The third kappa shape index (κ3) is 3.01. The first-order valence-electron chi connectivity index (χ1n) is 8.68. The van der Waals surface area contributed by atoms with E-state index < -0.39 is 11.2 Å². The Hall–Kier alpha value is -2.36. The zero-order chi connectivity index (χ0) is 17.1. The Morgan fingerprint density at radius 3 is 2.38 bits per heavy atom. The fourth-order valence-corrected chi connectivity index (χ4v) is 3.60. The van der Waals surface area contributed by atoms with Gasteiger partial charge in [-0.05, 0) is 38.5 Å². The summed E-state index contributed by atoms with van der Waals surface area (Å²) in [6.45, 7) is 1.57. The van der Waals surface area contributed by atoms with Gasteiger partial charge in [0, 0.05) is 25.3 Å². The largest absolute Gasteiger partial charge is 0.341 e. The van der Waals surface area contributed by atoms with Crippen LogP contribution in [0.5, 0.6) is 0 Å². The SMILES string of the molecule is N#Cc1c2n(c(=O)n(CC(=O)N3CCCCC3)c1=O)CCCCC2. The first kappa shape index (κ1) is 16.5. The Labute approximate surface area is 140 Å². The van der Waals surface area contributed by atoms with Crippen LogP contribution in [0.1, 0.15) is 49.8 Å². The number of fused-ring (bicyclic) bond motifs is 1. The summed E-state index contributed by atoms with van der Waals surface area (Å²) >= 11 is 0. The molecule has 0 aromatic carbocycles. The number of nitriles is 1. The Bertz CT molecular complexity index is 794. The number of rotatable bonds is 2. The minimum absolute atomic E-state index is 0.0166. The molecule has 0 unspecified atom stereocenters. The molecule has 1 aromatic rings. The van der Waals surface area contributed by atoms with Gasteiger partial charge in [-0.2, -0.15) is 5.26 Å². The molecule has 0 bridgehead atoms. The second-order valence-electron chi connectivity index (χ2n) is 6.51. The monoisotopic (exact) mass is 330 g/mol. The van der Waals surface area contributed by atoms with Crippen LogP contribution in [-0.2, 0) is 24.3 Å². The molecule has 3 heterocycles. The first-order chi connectivity index (χ1) is 11.6. The van der Waals surface area contributed by atoms with E-state index in [4.69, 9.17) is 0 Å². The Balaban J connectivity index is 2.00. The van der Waals surface area contributed by atoms with Crippen LogP contribution >= 0.6 is 0 Å². The lowest BCUT2D eigenvalue weighted by molar-refractivity contribution is -0.132. The average molecular weight is 330 g/mol. The van der Waals surface area contributed by atoms with Crippen molar-refractivity contribution < 1.29 is 4.79 Å². The molecule has 0 radical (unpaired) electrons. The number of aromatic nitrogens is 2. The van der Waals surface area contributed by atoms with E-state index in [0.29, 0.717) is 31.7 Å². The number of amides is 1. The van der Waals surface area contributed by atoms with Crippen LogP contribution in [0.3, 0.4) is 0 Å². The van der Waals surface area contributed by atoms with E-state index in [1.54, 1.807) is 4.90 Å². The molecule has 7 heteroatoms. The van der Waals surface area contributed by atoms with E-state index in [9.17, 15) is 19.6 Å². The van der Waals surface area contributed by atoms with Crippen molar-refractivity contribution in [3.63, 3.8) is 0 Å². The summed E-state index contributed by atoms with van der Waals surface area (Å²) in [7, 11) is 0. The van der Waals surface area contributed by atoms with Gasteiger partial charge in [0.05, 0.1) is 0 Å². The lowest BCUT2D eigenvalue weighted by Crippen LogP contribution is -2.47. The van der Waals surface area contributed by atoms with E-state index in [0.717, 1.165) is 43.1 Å². The molecule has 1 aromatic heterocycles. The molecule has 0 atom stereocenters. The molecule has 0 spiro atoms. The molecule has 0 N–H and O–H groups in total. The molecule has 3 rings (SSSR count). The highest BCUT2D eigenvalue weighted by molar-refractivity contribution is 5.76. The smallest absolute Gasteiger partial charge is 0.331 e. The maximum Gasteiger partial charge on any atom is 0.331 e. The number of carbonyl (C=O) groups excluding carboxylic acids is 1. The molecule has 0 aliphatic carbocycles. The predicted octanol–water partition coefficient (Wildman–Crippen LogP) is 0.621. The highest BCUT2D eigenvalue weighted by atomic mass is 16.2. The van der Waals surface area contributed by atoms with E-state index in [1.165, 1.54) is 4.57 Å². The minimum atomic E-state index is -0.624. The normalized spacial score (nSPS) is 17.7. The Morgan fingerprint density at radius 2 is 1.67 bits per heavy atom. The summed E-state index contributed by atoms with van der Waals surface area (Å²) in [5.74, 6) is -0.216. The molecule has 24 heavy (non-hydrogen) atoms. The van der Waals surface area contributed by atoms with Crippen LogP contribution in [0.25, 0.3) is 0 Å². The number of nitrogens with zero attached hydrogens (tertiary/aromatic N) is 4. The zero-order valence-electron chi connectivity index (χ0n) is 13.8. The van der Waals surface area contributed by atoms with Gasteiger partial charge in [-0.3, -0.25) is 14.2 Å². The number of piperidine rings is 1. The van der Waals surface area contributed by atoms with Gasteiger partial charge in [-0.25, -0.2) is 9.36 Å². The molecule has 2 aliphatic heterocycles. The van der Waals surface area contributed by atoms with Crippen molar-refractivity contribution in [3.8, 4) is 6.07 Å².